The summed E-state index contributed by atoms with van der Waals surface area (Å²) in [5.41, 5.74) is 2.62. The average molecular weight is 432 g/mol. The van der Waals surface area contributed by atoms with Gasteiger partial charge in [-0.25, -0.2) is 9.97 Å². The number of anilines is 3. The molecule has 0 bridgehead atoms. The zero-order valence-corrected chi connectivity index (χ0v) is 17.7. The molecule has 0 fully saturated rings. The van der Waals surface area contributed by atoms with Gasteiger partial charge in [0.25, 0.3) is 5.91 Å². The maximum atomic E-state index is 13.4. The minimum atomic E-state index is -0.213. The lowest BCUT2D eigenvalue weighted by Gasteiger charge is -2.20. The maximum Gasteiger partial charge on any atom is 0.264 e. The lowest BCUT2D eigenvalue weighted by molar-refractivity contribution is -0.116. The Balaban J connectivity index is 1.53. The van der Waals surface area contributed by atoms with Crippen LogP contribution in [0.3, 0.4) is 0 Å². The number of aromatic nitrogens is 3. The van der Waals surface area contributed by atoms with Crippen LogP contribution in [0, 0.1) is 6.92 Å². The molecule has 0 radical (unpaired) electrons. The van der Waals surface area contributed by atoms with E-state index in [9.17, 15) is 9.59 Å². The third kappa shape index (κ3) is 5.04. The van der Waals surface area contributed by atoms with Gasteiger partial charge in [-0.05, 0) is 37.3 Å². The molecule has 2 aromatic heterocycles. The summed E-state index contributed by atoms with van der Waals surface area (Å²) < 4.78 is 1.84. The molecule has 0 atom stereocenters. The van der Waals surface area contributed by atoms with E-state index in [2.05, 4.69) is 15.3 Å². The van der Waals surface area contributed by atoms with Crippen LogP contribution in [0.4, 0.5) is 16.5 Å². The topological polar surface area (TPSA) is 80.1 Å². The summed E-state index contributed by atoms with van der Waals surface area (Å²) in [5, 5.41) is 5.38. The standard InChI is InChI=1S/C23H21N5O2S/c1-17-15-31-23(25-17)28(20-8-3-2-4-9-20)22(30)18-6-5-7-19(14-18)26-21(29)10-12-27-13-11-24-16-27/h2-9,11,13-16H,10,12H2,1H3,(H,26,29). The number of carbonyl (C=O) groups is 2. The number of imidazole rings is 1. The van der Waals surface area contributed by atoms with Crippen LogP contribution in [-0.2, 0) is 11.3 Å². The van der Waals surface area contributed by atoms with Crippen molar-refractivity contribution < 1.29 is 9.59 Å². The first-order valence-electron chi connectivity index (χ1n) is 9.77. The summed E-state index contributed by atoms with van der Waals surface area (Å²) in [4.78, 5) is 35.8. The van der Waals surface area contributed by atoms with Crippen molar-refractivity contribution in [3.8, 4) is 0 Å². The second-order valence-corrected chi connectivity index (χ2v) is 7.76. The van der Waals surface area contributed by atoms with E-state index < -0.39 is 0 Å². The van der Waals surface area contributed by atoms with Crippen molar-refractivity contribution in [2.45, 2.75) is 19.9 Å². The van der Waals surface area contributed by atoms with E-state index in [-0.39, 0.29) is 11.8 Å². The van der Waals surface area contributed by atoms with Gasteiger partial charge in [-0.1, -0.05) is 24.3 Å². The number of hydrogen-bond donors (Lipinski definition) is 1. The third-order valence-corrected chi connectivity index (χ3v) is 5.51. The molecule has 2 heterocycles. The third-order valence-electron chi connectivity index (χ3n) is 4.57. The molecule has 2 aromatic carbocycles. The molecule has 0 saturated carbocycles. The van der Waals surface area contributed by atoms with Crippen LogP contribution in [-0.4, -0.2) is 26.3 Å². The summed E-state index contributed by atoms with van der Waals surface area (Å²) in [6.07, 6.45) is 5.47. The molecular weight excluding hydrogens is 410 g/mol. The van der Waals surface area contributed by atoms with Crippen LogP contribution in [0.1, 0.15) is 22.5 Å². The Morgan fingerprint density at radius 1 is 1.13 bits per heavy atom. The van der Waals surface area contributed by atoms with E-state index in [0.29, 0.717) is 29.3 Å². The van der Waals surface area contributed by atoms with E-state index in [0.717, 1.165) is 11.4 Å². The molecule has 0 aliphatic heterocycles. The van der Waals surface area contributed by atoms with Gasteiger partial charge < -0.3 is 9.88 Å². The molecule has 0 unspecified atom stereocenters. The Morgan fingerprint density at radius 3 is 2.68 bits per heavy atom. The van der Waals surface area contributed by atoms with E-state index in [1.54, 1.807) is 41.7 Å². The molecule has 4 aromatic rings. The highest BCUT2D eigenvalue weighted by molar-refractivity contribution is 7.14. The monoisotopic (exact) mass is 431 g/mol. The smallest absolute Gasteiger partial charge is 0.264 e. The van der Waals surface area contributed by atoms with E-state index in [1.165, 1.54) is 11.3 Å². The quantitative estimate of drug-likeness (QED) is 0.462. The van der Waals surface area contributed by atoms with Gasteiger partial charge in [0.1, 0.15) is 0 Å². The number of para-hydroxylation sites is 1. The summed E-state index contributed by atoms with van der Waals surface area (Å²) in [6.45, 7) is 2.43. The van der Waals surface area contributed by atoms with Crippen LogP contribution >= 0.6 is 11.3 Å². The van der Waals surface area contributed by atoms with Gasteiger partial charge in [-0.15, -0.1) is 11.3 Å². The van der Waals surface area contributed by atoms with E-state index in [4.69, 9.17) is 0 Å². The number of thiazole rings is 1. The van der Waals surface area contributed by atoms with Gasteiger partial charge in [-0.2, -0.15) is 0 Å². The molecule has 31 heavy (non-hydrogen) atoms. The first-order valence-corrected chi connectivity index (χ1v) is 10.7. The zero-order chi connectivity index (χ0) is 21.6. The first-order chi connectivity index (χ1) is 15.1. The summed E-state index contributed by atoms with van der Waals surface area (Å²) in [7, 11) is 0. The van der Waals surface area contributed by atoms with Crippen LogP contribution in [0.25, 0.3) is 0 Å². The number of carbonyl (C=O) groups excluding carboxylic acids is 2. The maximum absolute atomic E-state index is 13.4. The number of amides is 2. The average Bonchev–Trinajstić information content (AvgIpc) is 3.45. The highest BCUT2D eigenvalue weighted by Crippen LogP contribution is 2.30. The molecular formula is C23H21N5O2S. The Labute approximate surface area is 184 Å². The van der Waals surface area contributed by atoms with Gasteiger partial charge in [-0.3, -0.25) is 14.5 Å². The molecule has 156 valence electrons. The van der Waals surface area contributed by atoms with Crippen LogP contribution in [0.15, 0.2) is 78.7 Å². The van der Waals surface area contributed by atoms with Crippen molar-refractivity contribution >= 4 is 39.7 Å². The molecule has 4 rings (SSSR count). The Kier molecular flexibility index (Phi) is 6.18. The summed E-state index contributed by atoms with van der Waals surface area (Å²) in [5.74, 6) is -0.344. The minimum absolute atomic E-state index is 0.131. The van der Waals surface area contributed by atoms with Crippen LogP contribution < -0.4 is 10.2 Å². The molecule has 0 saturated heterocycles. The van der Waals surface area contributed by atoms with Gasteiger partial charge in [0.15, 0.2) is 5.13 Å². The van der Waals surface area contributed by atoms with Crippen LogP contribution in [0.5, 0.6) is 0 Å². The van der Waals surface area contributed by atoms with E-state index in [1.807, 2.05) is 53.4 Å². The molecule has 0 aliphatic rings. The Bertz CT molecular complexity index is 1170. The molecule has 0 aliphatic carbocycles. The number of nitrogens with one attached hydrogen (secondary N) is 1. The van der Waals surface area contributed by atoms with Crippen molar-refractivity contribution in [1.29, 1.82) is 0 Å². The summed E-state index contributed by atoms with van der Waals surface area (Å²) in [6, 6.07) is 16.4. The first kappa shape index (κ1) is 20.5. The minimum Gasteiger partial charge on any atom is -0.337 e. The van der Waals surface area contributed by atoms with Gasteiger partial charge in [0.2, 0.25) is 5.91 Å². The summed E-state index contributed by atoms with van der Waals surface area (Å²) >= 11 is 1.41. The molecule has 8 heteroatoms. The lowest BCUT2D eigenvalue weighted by Crippen LogP contribution is -2.26. The SMILES string of the molecule is Cc1csc(N(C(=O)c2cccc(NC(=O)CCn3ccnc3)c2)c2ccccc2)n1. The fourth-order valence-corrected chi connectivity index (χ4v) is 3.89. The molecule has 2 amide bonds. The predicted octanol–water partition coefficient (Wildman–Crippen LogP) is 4.66. The number of nitrogens with zero attached hydrogens (tertiary/aromatic N) is 4. The number of rotatable bonds is 7. The predicted molar refractivity (Wildman–Crippen MR) is 122 cm³/mol. The fourth-order valence-electron chi connectivity index (χ4n) is 3.07. The second kappa shape index (κ2) is 9.36. The highest BCUT2D eigenvalue weighted by Gasteiger charge is 2.22. The second-order valence-electron chi connectivity index (χ2n) is 6.93. The molecule has 0 spiro atoms. The van der Waals surface area contributed by atoms with E-state index >= 15 is 0 Å². The van der Waals surface area contributed by atoms with Crippen molar-refractivity contribution in [3.63, 3.8) is 0 Å². The largest absolute Gasteiger partial charge is 0.337 e. The number of hydrogen-bond acceptors (Lipinski definition) is 5. The normalized spacial score (nSPS) is 10.6. The van der Waals surface area contributed by atoms with Crippen molar-refractivity contribution in [2.75, 3.05) is 10.2 Å². The van der Waals surface area contributed by atoms with Gasteiger partial charge in [0.05, 0.1) is 17.7 Å². The Hall–Kier alpha value is -3.78. The molecule has 1 N–H and O–H groups in total. The fraction of sp³-hybridized carbons (Fsp3) is 0.130. The number of aryl methyl sites for hydroxylation is 2. The highest BCUT2D eigenvalue weighted by atomic mass is 32.1. The van der Waals surface area contributed by atoms with Crippen LogP contribution in [0.2, 0.25) is 0 Å². The van der Waals surface area contributed by atoms with Crippen molar-refractivity contribution in [1.82, 2.24) is 14.5 Å². The van der Waals surface area contributed by atoms with Gasteiger partial charge in [0, 0.05) is 42.0 Å². The van der Waals surface area contributed by atoms with Crippen molar-refractivity contribution in [2.24, 2.45) is 0 Å². The molecule has 7 nitrogen and oxygen atoms in total. The van der Waals surface area contributed by atoms with Gasteiger partial charge >= 0.3 is 0 Å². The zero-order valence-electron chi connectivity index (χ0n) is 16.9. The lowest BCUT2D eigenvalue weighted by atomic mass is 10.1. The Morgan fingerprint density at radius 2 is 1.97 bits per heavy atom. The van der Waals surface area contributed by atoms with Crippen molar-refractivity contribution in [3.05, 3.63) is 90.0 Å². The number of benzene rings is 2.